The molecule has 1 aromatic carbocycles. The molecule has 0 atom stereocenters. The maximum atomic E-state index is 10.1. The number of thioether (sulfide) groups is 1. The summed E-state index contributed by atoms with van der Waals surface area (Å²) in [4.78, 5) is 0. The molecule has 0 radical (unpaired) electrons. The lowest BCUT2D eigenvalue weighted by molar-refractivity contribution is 0.0790. The molecular weight excluding hydrogens is 192 g/mol. The third-order valence-corrected chi connectivity index (χ3v) is 4.37. The van der Waals surface area contributed by atoms with Crippen LogP contribution in [0.3, 0.4) is 0 Å². The van der Waals surface area contributed by atoms with Gasteiger partial charge in [0.2, 0.25) is 0 Å². The summed E-state index contributed by atoms with van der Waals surface area (Å²) in [5, 5.41) is 10.1. The molecule has 1 heterocycles. The van der Waals surface area contributed by atoms with Crippen LogP contribution >= 0.6 is 11.8 Å². The van der Waals surface area contributed by atoms with Gasteiger partial charge in [-0.2, -0.15) is 11.8 Å². The molecule has 0 aromatic heterocycles. The van der Waals surface area contributed by atoms with Crippen molar-refractivity contribution in [3.63, 3.8) is 0 Å². The molecule has 1 aliphatic heterocycles. The zero-order valence-electron chi connectivity index (χ0n) is 8.71. The fourth-order valence-electron chi connectivity index (χ4n) is 1.90. The highest BCUT2D eigenvalue weighted by molar-refractivity contribution is 8.00. The van der Waals surface area contributed by atoms with E-state index in [1.165, 1.54) is 16.7 Å². The summed E-state index contributed by atoms with van der Waals surface area (Å²) >= 11 is 1.82. The molecule has 1 nitrogen and oxygen atoms in total. The van der Waals surface area contributed by atoms with E-state index >= 15 is 0 Å². The topological polar surface area (TPSA) is 20.2 Å². The maximum Gasteiger partial charge on any atom is 0.0867 e. The summed E-state index contributed by atoms with van der Waals surface area (Å²) in [6.45, 7) is 4.25. The summed E-state index contributed by atoms with van der Waals surface area (Å²) < 4.78 is 0. The summed E-state index contributed by atoms with van der Waals surface area (Å²) in [6.07, 6.45) is 0.818. The monoisotopic (exact) mass is 208 g/mol. The number of rotatable bonds is 2. The van der Waals surface area contributed by atoms with Crippen molar-refractivity contribution in [3.05, 3.63) is 34.9 Å². The van der Waals surface area contributed by atoms with Crippen LogP contribution < -0.4 is 0 Å². The predicted octanol–water partition coefficient (Wildman–Crippen LogP) is 2.32. The molecule has 76 valence electrons. The minimum atomic E-state index is -0.429. The first-order valence-electron chi connectivity index (χ1n) is 4.96. The van der Waals surface area contributed by atoms with Gasteiger partial charge in [0, 0.05) is 17.9 Å². The van der Waals surface area contributed by atoms with Crippen LogP contribution in [0, 0.1) is 13.8 Å². The molecule has 1 aromatic rings. The van der Waals surface area contributed by atoms with E-state index < -0.39 is 5.60 Å². The highest BCUT2D eigenvalue weighted by Crippen LogP contribution is 2.33. The molecule has 0 amide bonds. The van der Waals surface area contributed by atoms with Gasteiger partial charge in [-0.1, -0.05) is 18.2 Å². The second-order valence-corrected chi connectivity index (χ2v) is 5.25. The number of aliphatic hydroxyl groups is 1. The van der Waals surface area contributed by atoms with Crippen LogP contribution in [0.2, 0.25) is 0 Å². The van der Waals surface area contributed by atoms with E-state index in [-0.39, 0.29) is 0 Å². The molecule has 0 spiro atoms. The van der Waals surface area contributed by atoms with Gasteiger partial charge in [-0.15, -0.1) is 0 Å². The van der Waals surface area contributed by atoms with Crippen molar-refractivity contribution in [2.45, 2.75) is 25.9 Å². The first-order chi connectivity index (χ1) is 6.61. The van der Waals surface area contributed by atoms with Crippen molar-refractivity contribution in [1.29, 1.82) is 0 Å². The predicted molar refractivity (Wildman–Crippen MR) is 61.9 cm³/mol. The van der Waals surface area contributed by atoms with Crippen LogP contribution in [0.1, 0.15) is 16.7 Å². The van der Waals surface area contributed by atoms with Gasteiger partial charge in [0.05, 0.1) is 5.60 Å². The molecule has 0 aliphatic carbocycles. The Kier molecular flexibility index (Phi) is 2.58. The highest BCUT2D eigenvalue weighted by atomic mass is 32.2. The van der Waals surface area contributed by atoms with E-state index in [4.69, 9.17) is 0 Å². The second-order valence-electron chi connectivity index (χ2n) is 4.26. The average molecular weight is 208 g/mol. The Balaban J connectivity index is 2.23. The largest absolute Gasteiger partial charge is 0.388 e. The molecule has 1 aliphatic rings. The minimum Gasteiger partial charge on any atom is -0.388 e. The van der Waals surface area contributed by atoms with E-state index in [2.05, 4.69) is 32.0 Å². The molecule has 0 unspecified atom stereocenters. The quantitative estimate of drug-likeness (QED) is 0.805. The number of benzene rings is 1. The van der Waals surface area contributed by atoms with Crippen molar-refractivity contribution in [2.24, 2.45) is 0 Å². The minimum absolute atomic E-state index is 0.429. The van der Waals surface area contributed by atoms with Gasteiger partial charge >= 0.3 is 0 Å². The lowest BCUT2D eigenvalue weighted by Gasteiger charge is -2.36. The Morgan fingerprint density at radius 1 is 1.29 bits per heavy atom. The van der Waals surface area contributed by atoms with E-state index in [1.54, 1.807) is 0 Å². The number of hydrogen-bond donors (Lipinski definition) is 1. The maximum absolute atomic E-state index is 10.1. The summed E-state index contributed by atoms with van der Waals surface area (Å²) in [7, 11) is 0. The molecule has 1 fully saturated rings. The summed E-state index contributed by atoms with van der Waals surface area (Å²) in [5.74, 6) is 1.78. The molecule has 1 saturated heterocycles. The van der Waals surface area contributed by atoms with Gasteiger partial charge in [-0.3, -0.25) is 0 Å². The van der Waals surface area contributed by atoms with Crippen LogP contribution in [0.4, 0.5) is 0 Å². The van der Waals surface area contributed by atoms with Crippen molar-refractivity contribution in [3.8, 4) is 0 Å². The van der Waals surface area contributed by atoms with Crippen LogP contribution in [0.15, 0.2) is 18.2 Å². The van der Waals surface area contributed by atoms with Crippen molar-refractivity contribution < 1.29 is 5.11 Å². The summed E-state index contributed by atoms with van der Waals surface area (Å²) in [6, 6.07) is 6.32. The van der Waals surface area contributed by atoms with E-state index in [1.807, 2.05) is 11.8 Å². The molecular formula is C12H16OS. The van der Waals surface area contributed by atoms with Gasteiger partial charge in [0.25, 0.3) is 0 Å². The molecule has 2 heteroatoms. The first-order valence-corrected chi connectivity index (χ1v) is 6.11. The SMILES string of the molecule is Cc1cccc(C)c1CC1(O)CSC1. The van der Waals surface area contributed by atoms with Crippen molar-refractivity contribution in [2.75, 3.05) is 11.5 Å². The zero-order chi connectivity index (χ0) is 10.2. The molecule has 0 bridgehead atoms. The average Bonchev–Trinajstić information content (AvgIpc) is 2.09. The standard InChI is InChI=1S/C12H16OS/c1-9-4-3-5-10(2)11(9)6-12(13)7-14-8-12/h3-5,13H,6-8H2,1-2H3. The van der Waals surface area contributed by atoms with Gasteiger partial charge < -0.3 is 5.11 Å². The Morgan fingerprint density at radius 2 is 1.86 bits per heavy atom. The molecule has 14 heavy (non-hydrogen) atoms. The Labute approximate surface area is 89.5 Å². The Hall–Kier alpha value is -0.470. The fraction of sp³-hybridized carbons (Fsp3) is 0.500. The van der Waals surface area contributed by atoms with Gasteiger partial charge in [-0.05, 0) is 30.5 Å². The van der Waals surface area contributed by atoms with Crippen LogP contribution in [0.25, 0.3) is 0 Å². The van der Waals surface area contributed by atoms with Crippen LogP contribution in [0.5, 0.6) is 0 Å². The lowest BCUT2D eigenvalue weighted by Crippen LogP contribution is -2.45. The smallest absolute Gasteiger partial charge is 0.0867 e. The number of aryl methyl sites for hydroxylation is 2. The Bertz CT molecular complexity index is 322. The second kappa shape index (κ2) is 3.59. The summed E-state index contributed by atoms with van der Waals surface area (Å²) in [5.41, 5.74) is 3.50. The van der Waals surface area contributed by atoms with Gasteiger partial charge in [0.15, 0.2) is 0 Å². The zero-order valence-corrected chi connectivity index (χ0v) is 9.53. The normalized spacial score (nSPS) is 19.1. The fourth-order valence-corrected chi connectivity index (χ4v) is 2.78. The van der Waals surface area contributed by atoms with Gasteiger partial charge in [0.1, 0.15) is 0 Å². The molecule has 1 N–H and O–H groups in total. The highest BCUT2D eigenvalue weighted by Gasteiger charge is 2.35. The van der Waals surface area contributed by atoms with E-state index in [0.717, 1.165) is 17.9 Å². The Morgan fingerprint density at radius 3 is 2.29 bits per heavy atom. The molecule has 0 saturated carbocycles. The van der Waals surface area contributed by atoms with Gasteiger partial charge in [-0.25, -0.2) is 0 Å². The lowest BCUT2D eigenvalue weighted by atomic mass is 9.91. The van der Waals surface area contributed by atoms with E-state index in [0.29, 0.717) is 0 Å². The van der Waals surface area contributed by atoms with Crippen molar-refractivity contribution in [1.82, 2.24) is 0 Å². The van der Waals surface area contributed by atoms with Crippen LogP contribution in [-0.2, 0) is 6.42 Å². The van der Waals surface area contributed by atoms with Crippen LogP contribution in [-0.4, -0.2) is 22.2 Å². The van der Waals surface area contributed by atoms with E-state index in [9.17, 15) is 5.11 Å². The third kappa shape index (κ3) is 1.82. The molecule has 2 rings (SSSR count). The van der Waals surface area contributed by atoms with Crippen molar-refractivity contribution >= 4 is 11.8 Å². The third-order valence-electron chi connectivity index (χ3n) is 2.89. The number of hydrogen-bond acceptors (Lipinski definition) is 2. The first kappa shape index (κ1) is 10.1.